The first-order valence-electron chi connectivity index (χ1n) is 6.41. The Morgan fingerprint density at radius 1 is 1.21 bits per heavy atom. The summed E-state index contributed by atoms with van der Waals surface area (Å²) in [7, 11) is 0. The Labute approximate surface area is 128 Å². The van der Waals surface area contributed by atoms with Crippen LogP contribution in [0, 0.1) is 5.92 Å². The van der Waals surface area contributed by atoms with Crippen LogP contribution in [0.2, 0.25) is 10.0 Å². The van der Waals surface area contributed by atoms with Gasteiger partial charge >= 0.3 is 0 Å². The third-order valence-electron chi connectivity index (χ3n) is 3.44. The zero-order valence-corrected chi connectivity index (χ0v) is 13.5. The van der Waals surface area contributed by atoms with Gasteiger partial charge in [-0.05, 0) is 24.5 Å². The maximum absolute atomic E-state index is 6.13. The van der Waals surface area contributed by atoms with Crippen molar-refractivity contribution < 1.29 is 0 Å². The molecule has 19 heavy (non-hydrogen) atoms. The van der Waals surface area contributed by atoms with Crippen LogP contribution in [0.25, 0.3) is 11.0 Å². The van der Waals surface area contributed by atoms with Crippen LogP contribution in [0.15, 0.2) is 12.1 Å². The Balaban J connectivity index is 2.72. The number of halogens is 3. The number of alkyl halides is 1. The highest BCUT2D eigenvalue weighted by atomic mass is 35.5. The van der Waals surface area contributed by atoms with E-state index in [9.17, 15) is 0 Å². The largest absolute Gasteiger partial charge is 0.324 e. The lowest BCUT2D eigenvalue weighted by Gasteiger charge is -2.23. The quantitative estimate of drug-likeness (QED) is 0.662. The Kier molecular flexibility index (Phi) is 4.65. The van der Waals surface area contributed by atoms with E-state index >= 15 is 0 Å². The molecule has 0 bridgehead atoms. The summed E-state index contributed by atoms with van der Waals surface area (Å²) >= 11 is 18.2. The number of rotatable bonds is 4. The molecule has 0 amide bonds. The summed E-state index contributed by atoms with van der Waals surface area (Å²) in [6.07, 6.45) is 1.02. The standard InChI is InChI=1S/C14H17Cl3N2/c1-4-12(8(2)3)19-13-6-10(17)9(16)5-11(13)18-14(19)7-15/h5-6,8,12H,4,7H2,1-3H3. The van der Waals surface area contributed by atoms with Crippen LogP contribution in [0.4, 0.5) is 0 Å². The zero-order chi connectivity index (χ0) is 14.2. The molecule has 5 heteroatoms. The number of fused-ring (bicyclic) bond motifs is 1. The minimum absolute atomic E-state index is 0.357. The Morgan fingerprint density at radius 3 is 2.37 bits per heavy atom. The van der Waals surface area contributed by atoms with Gasteiger partial charge in [0.25, 0.3) is 0 Å². The molecule has 1 heterocycles. The van der Waals surface area contributed by atoms with Crippen molar-refractivity contribution in [1.29, 1.82) is 0 Å². The number of hydrogen-bond acceptors (Lipinski definition) is 1. The van der Waals surface area contributed by atoms with Gasteiger partial charge in [0.1, 0.15) is 5.82 Å². The highest BCUT2D eigenvalue weighted by molar-refractivity contribution is 6.42. The van der Waals surface area contributed by atoms with Crippen molar-refractivity contribution in [3.05, 3.63) is 28.0 Å². The van der Waals surface area contributed by atoms with Crippen LogP contribution in [0.1, 0.15) is 39.1 Å². The van der Waals surface area contributed by atoms with Gasteiger partial charge in [-0.15, -0.1) is 11.6 Å². The van der Waals surface area contributed by atoms with E-state index in [-0.39, 0.29) is 0 Å². The molecule has 0 radical (unpaired) electrons. The van der Waals surface area contributed by atoms with E-state index < -0.39 is 0 Å². The third-order valence-corrected chi connectivity index (χ3v) is 4.40. The van der Waals surface area contributed by atoms with Gasteiger partial charge in [0.2, 0.25) is 0 Å². The van der Waals surface area contributed by atoms with E-state index in [4.69, 9.17) is 34.8 Å². The molecule has 2 nitrogen and oxygen atoms in total. The van der Waals surface area contributed by atoms with Gasteiger partial charge < -0.3 is 4.57 Å². The average molecular weight is 320 g/mol. The first-order chi connectivity index (χ1) is 8.99. The molecule has 2 aromatic rings. The van der Waals surface area contributed by atoms with Crippen LogP contribution in [-0.4, -0.2) is 9.55 Å². The molecule has 104 valence electrons. The monoisotopic (exact) mass is 318 g/mol. The van der Waals surface area contributed by atoms with E-state index in [1.807, 2.05) is 6.07 Å². The highest BCUT2D eigenvalue weighted by Gasteiger charge is 2.21. The molecule has 0 aliphatic carbocycles. The summed E-state index contributed by atoms with van der Waals surface area (Å²) in [5.41, 5.74) is 1.86. The molecule has 1 aromatic heterocycles. The fourth-order valence-electron chi connectivity index (χ4n) is 2.56. The summed E-state index contributed by atoms with van der Waals surface area (Å²) in [5, 5.41) is 1.08. The van der Waals surface area contributed by atoms with Crippen LogP contribution in [0.5, 0.6) is 0 Å². The molecule has 1 atom stereocenters. The van der Waals surface area contributed by atoms with Crippen molar-refractivity contribution in [1.82, 2.24) is 9.55 Å². The molecule has 0 saturated carbocycles. The van der Waals surface area contributed by atoms with Gasteiger partial charge in [-0.1, -0.05) is 44.0 Å². The predicted octanol–water partition coefficient (Wildman–Crippen LogP) is 5.69. The second kappa shape index (κ2) is 5.90. The summed E-state index contributed by atoms with van der Waals surface area (Å²) in [6.45, 7) is 6.58. The van der Waals surface area contributed by atoms with Crippen LogP contribution >= 0.6 is 34.8 Å². The average Bonchev–Trinajstić information content (AvgIpc) is 2.69. The maximum Gasteiger partial charge on any atom is 0.125 e. The molecule has 0 spiro atoms. The normalized spacial score (nSPS) is 13.4. The van der Waals surface area contributed by atoms with Crippen molar-refractivity contribution in [2.75, 3.05) is 0 Å². The fourth-order valence-corrected chi connectivity index (χ4v) is 3.06. The minimum atomic E-state index is 0.357. The van der Waals surface area contributed by atoms with Crippen LogP contribution in [0.3, 0.4) is 0 Å². The van der Waals surface area contributed by atoms with Crippen LogP contribution in [-0.2, 0) is 5.88 Å². The maximum atomic E-state index is 6.13. The second-order valence-electron chi connectivity index (χ2n) is 5.01. The third kappa shape index (κ3) is 2.72. The molecule has 0 fully saturated rings. The lowest BCUT2D eigenvalue weighted by molar-refractivity contribution is 0.367. The zero-order valence-electron chi connectivity index (χ0n) is 11.3. The van der Waals surface area contributed by atoms with E-state index in [1.165, 1.54) is 0 Å². The van der Waals surface area contributed by atoms with Gasteiger partial charge in [-0.2, -0.15) is 0 Å². The van der Waals surface area contributed by atoms with Gasteiger partial charge in [0.15, 0.2) is 0 Å². The Hall–Kier alpha value is -0.440. The van der Waals surface area contributed by atoms with Crippen molar-refractivity contribution in [3.8, 4) is 0 Å². The first kappa shape index (κ1) is 15.0. The summed E-state index contributed by atoms with van der Waals surface area (Å²) in [5.74, 6) is 1.75. The van der Waals surface area contributed by atoms with Crippen LogP contribution < -0.4 is 0 Å². The fraction of sp³-hybridized carbons (Fsp3) is 0.500. The first-order valence-corrected chi connectivity index (χ1v) is 7.70. The number of imidazole rings is 1. The lowest BCUT2D eigenvalue weighted by Crippen LogP contribution is -2.16. The molecule has 0 saturated heterocycles. The Morgan fingerprint density at radius 2 is 1.84 bits per heavy atom. The summed E-state index contributed by atoms with van der Waals surface area (Å²) in [4.78, 5) is 4.57. The van der Waals surface area contributed by atoms with Crippen molar-refractivity contribution in [2.45, 2.75) is 39.1 Å². The number of aromatic nitrogens is 2. The smallest absolute Gasteiger partial charge is 0.125 e. The van der Waals surface area contributed by atoms with Crippen molar-refractivity contribution >= 4 is 45.8 Å². The number of hydrogen-bond donors (Lipinski definition) is 0. The van der Waals surface area contributed by atoms with Crippen molar-refractivity contribution in [2.24, 2.45) is 5.92 Å². The Bertz CT molecular complexity index is 590. The molecule has 0 aliphatic heterocycles. The molecule has 0 N–H and O–H groups in total. The minimum Gasteiger partial charge on any atom is -0.324 e. The van der Waals surface area contributed by atoms with E-state index in [2.05, 4.69) is 30.3 Å². The molecular formula is C14H17Cl3N2. The van der Waals surface area contributed by atoms with Gasteiger partial charge in [0.05, 0.1) is 27.0 Å². The molecule has 0 aliphatic rings. The lowest BCUT2D eigenvalue weighted by atomic mass is 10.0. The van der Waals surface area contributed by atoms with Gasteiger partial charge in [-0.3, -0.25) is 0 Å². The number of nitrogens with zero attached hydrogens (tertiary/aromatic N) is 2. The second-order valence-corrected chi connectivity index (χ2v) is 6.09. The predicted molar refractivity (Wildman–Crippen MR) is 83.5 cm³/mol. The molecule has 1 unspecified atom stereocenters. The van der Waals surface area contributed by atoms with E-state index in [1.54, 1.807) is 6.07 Å². The van der Waals surface area contributed by atoms with Gasteiger partial charge in [0, 0.05) is 6.04 Å². The van der Waals surface area contributed by atoms with E-state index in [0.29, 0.717) is 27.9 Å². The topological polar surface area (TPSA) is 17.8 Å². The van der Waals surface area contributed by atoms with Crippen molar-refractivity contribution in [3.63, 3.8) is 0 Å². The van der Waals surface area contributed by atoms with E-state index in [0.717, 1.165) is 23.3 Å². The molecule has 1 aromatic carbocycles. The summed E-state index contributed by atoms with van der Waals surface area (Å²) < 4.78 is 2.20. The number of benzene rings is 1. The SMILES string of the molecule is CCC(C(C)C)n1c(CCl)nc2cc(Cl)c(Cl)cc21. The highest BCUT2D eigenvalue weighted by Crippen LogP contribution is 2.33. The summed E-state index contributed by atoms with van der Waals surface area (Å²) in [6, 6.07) is 4.04. The molecule has 2 rings (SSSR count). The van der Waals surface area contributed by atoms with Gasteiger partial charge in [-0.25, -0.2) is 4.98 Å². The molecular weight excluding hydrogens is 303 g/mol.